The Hall–Kier alpha value is -2.34. The summed E-state index contributed by atoms with van der Waals surface area (Å²) in [5.74, 6) is -1.16. The molecule has 0 radical (unpaired) electrons. The van der Waals surface area contributed by atoms with E-state index in [1.807, 2.05) is 12.1 Å². The Labute approximate surface area is 145 Å². The molecule has 1 fully saturated rings. The highest BCUT2D eigenvalue weighted by molar-refractivity contribution is 5.72. The first kappa shape index (κ1) is 17.5. The van der Waals surface area contributed by atoms with Gasteiger partial charge in [-0.3, -0.25) is 14.7 Å². The lowest BCUT2D eigenvalue weighted by Crippen LogP contribution is -2.24. The van der Waals surface area contributed by atoms with Crippen LogP contribution in [0.1, 0.15) is 42.6 Å². The van der Waals surface area contributed by atoms with Crippen LogP contribution in [0.15, 0.2) is 36.5 Å². The fraction of sp³-hybridized carbons (Fsp3) is 0.368. The Morgan fingerprint density at radius 3 is 2.92 bits per heavy atom. The molecule has 1 saturated heterocycles. The standard InChI is InChI=1S/C19H21F2N3O/c1-13(25)23-11-17-9-14(6-7-22-17)19-3-2-8-24(19)12-15-4-5-16(20)10-18(15)21/h4-7,9-10,19H,2-3,8,11-12H2,1H3,(H,23,25)/t19-/m1/s1. The highest BCUT2D eigenvalue weighted by atomic mass is 19.1. The van der Waals surface area contributed by atoms with Gasteiger partial charge in [0.05, 0.1) is 12.2 Å². The van der Waals surface area contributed by atoms with E-state index in [-0.39, 0.29) is 11.9 Å². The molecule has 0 bridgehead atoms. The van der Waals surface area contributed by atoms with Crippen molar-refractivity contribution >= 4 is 5.91 Å². The highest BCUT2D eigenvalue weighted by Crippen LogP contribution is 2.33. The van der Waals surface area contributed by atoms with Crippen LogP contribution >= 0.6 is 0 Å². The average Bonchev–Trinajstić information content (AvgIpc) is 3.04. The molecule has 0 aliphatic carbocycles. The Morgan fingerprint density at radius 2 is 2.16 bits per heavy atom. The smallest absolute Gasteiger partial charge is 0.217 e. The number of hydrogen-bond donors (Lipinski definition) is 1. The van der Waals surface area contributed by atoms with Crippen LogP contribution in [0.5, 0.6) is 0 Å². The summed E-state index contributed by atoms with van der Waals surface area (Å²) < 4.78 is 27.0. The number of halogens is 2. The maximum absolute atomic E-state index is 14.0. The molecule has 3 rings (SSSR count). The molecule has 25 heavy (non-hydrogen) atoms. The summed E-state index contributed by atoms with van der Waals surface area (Å²) in [6.07, 6.45) is 3.74. The van der Waals surface area contributed by atoms with Crippen LogP contribution in [0.4, 0.5) is 8.78 Å². The van der Waals surface area contributed by atoms with E-state index in [9.17, 15) is 13.6 Å². The van der Waals surface area contributed by atoms with Crippen LogP contribution in [0.3, 0.4) is 0 Å². The van der Waals surface area contributed by atoms with Crippen LogP contribution in [0.25, 0.3) is 0 Å². The number of aromatic nitrogens is 1. The number of carbonyl (C=O) groups excluding carboxylic acids is 1. The van der Waals surface area contributed by atoms with Gasteiger partial charge in [0.15, 0.2) is 0 Å². The molecule has 1 aromatic heterocycles. The predicted molar refractivity (Wildman–Crippen MR) is 90.5 cm³/mol. The molecule has 4 nitrogen and oxygen atoms in total. The van der Waals surface area contributed by atoms with Gasteiger partial charge in [0.25, 0.3) is 0 Å². The molecule has 6 heteroatoms. The molecule has 1 aliphatic heterocycles. The van der Waals surface area contributed by atoms with Crippen LogP contribution in [0, 0.1) is 11.6 Å². The molecule has 1 aromatic carbocycles. The number of pyridine rings is 1. The van der Waals surface area contributed by atoms with Gasteiger partial charge < -0.3 is 5.32 Å². The lowest BCUT2D eigenvalue weighted by molar-refractivity contribution is -0.119. The molecule has 0 spiro atoms. The first-order valence-corrected chi connectivity index (χ1v) is 8.40. The minimum absolute atomic E-state index is 0.0959. The predicted octanol–water partition coefficient (Wildman–Crippen LogP) is 3.33. The number of benzene rings is 1. The van der Waals surface area contributed by atoms with Crippen molar-refractivity contribution in [1.82, 2.24) is 15.2 Å². The third-order valence-corrected chi connectivity index (χ3v) is 4.50. The zero-order chi connectivity index (χ0) is 17.8. The van der Waals surface area contributed by atoms with Gasteiger partial charge in [0.1, 0.15) is 11.6 Å². The monoisotopic (exact) mass is 345 g/mol. The molecular formula is C19H21F2N3O. The number of hydrogen-bond acceptors (Lipinski definition) is 3. The zero-order valence-electron chi connectivity index (χ0n) is 14.1. The molecule has 1 aliphatic rings. The van der Waals surface area contributed by atoms with Crippen LogP contribution in [0.2, 0.25) is 0 Å². The minimum Gasteiger partial charge on any atom is -0.351 e. The largest absolute Gasteiger partial charge is 0.351 e. The first-order chi connectivity index (χ1) is 12.0. The summed E-state index contributed by atoms with van der Waals surface area (Å²) in [6, 6.07) is 7.85. The first-order valence-electron chi connectivity index (χ1n) is 8.40. The van der Waals surface area contributed by atoms with Crippen molar-refractivity contribution in [2.45, 2.75) is 38.9 Å². The summed E-state index contributed by atoms with van der Waals surface area (Å²) in [4.78, 5) is 17.5. The second-order valence-electron chi connectivity index (χ2n) is 6.35. The topological polar surface area (TPSA) is 45.2 Å². The third kappa shape index (κ3) is 4.39. The van der Waals surface area contributed by atoms with Gasteiger partial charge in [0, 0.05) is 37.3 Å². The Kier molecular flexibility index (Phi) is 5.38. The normalized spacial score (nSPS) is 17.6. The van der Waals surface area contributed by atoms with Gasteiger partial charge in [-0.15, -0.1) is 0 Å². The van der Waals surface area contributed by atoms with Gasteiger partial charge in [-0.1, -0.05) is 6.07 Å². The lowest BCUT2D eigenvalue weighted by Gasteiger charge is -2.25. The number of likely N-dealkylation sites (tertiary alicyclic amines) is 1. The number of nitrogens with one attached hydrogen (secondary N) is 1. The summed E-state index contributed by atoms with van der Waals surface area (Å²) in [6.45, 7) is 3.17. The van der Waals surface area contributed by atoms with E-state index >= 15 is 0 Å². The van der Waals surface area contributed by atoms with Crippen molar-refractivity contribution in [1.29, 1.82) is 0 Å². The quantitative estimate of drug-likeness (QED) is 0.904. The van der Waals surface area contributed by atoms with Gasteiger partial charge in [0.2, 0.25) is 5.91 Å². The Balaban J connectivity index is 1.75. The third-order valence-electron chi connectivity index (χ3n) is 4.50. The van der Waals surface area contributed by atoms with Gasteiger partial charge in [-0.25, -0.2) is 8.78 Å². The maximum atomic E-state index is 14.0. The zero-order valence-corrected chi connectivity index (χ0v) is 14.1. The van der Waals surface area contributed by atoms with E-state index < -0.39 is 11.6 Å². The lowest BCUT2D eigenvalue weighted by atomic mass is 10.0. The fourth-order valence-electron chi connectivity index (χ4n) is 3.28. The molecule has 0 saturated carbocycles. The second-order valence-corrected chi connectivity index (χ2v) is 6.35. The molecular weight excluding hydrogens is 324 g/mol. The fourth-order valence-corrected chi connectivity index (χ4v) is 3.28. The molecule has 1 atom stereocenters. The minimum atomic E-state index is -0.559. The van der Waals surface area contributed by atoms with E-state index in [4.69, 9.17) is 0 Å². The maximum Gasteiger partial charge on any atom is 0.217 e. The van der Waals surface area contributed by atoms with Gasteiger partial charge >= 0.3 is 0 Å². The van der Waals surface area contributed by atoms with E-state index in [0.717, 1.165) is 36.7 Å². The van der Waals surface area contributed by atoms with E-state index in [1.54, 1.807) is 6.20 Å². The number of rotatable bonds is 5. The molecule has 1 N–H and O–H groups in total. The van der Waals surface area contributed by atoms with Gasteiger partial charge in [-0.2, -0.15) is 0 Å². The van der Waals surface area contributed by atoms with Crippen molar-refractivity contribution in [3.63, 3.8) is 0 Å². The summed E-state index contributed by atoms with van der Waals surface area (Å²) in [7, 11) is 0. The molecule has 2 aromatic rings. The van der Waals surface area contributed by atoms with Crippen molar-refractivity contribution in [3.05, 3.63) is 65.0 Å². The number of amides is 1. The number of carbonyl (C=O) groups is 1. The van der Waals surface area contributed by atoms with E-state index in [1.165, 1.54) is 19.1 Å². The van der Waals surface area contributed by atoms with Crippen molar-refractivity contribution in [2.24, 2.45) is 0 Å². The SMILES string of the molecule is CC(=O)NCc1cc([C@H]2CCCN2Cc2ccc(F)cc2F)ccn1. The molecule has 1 amide bonds. The average molecular weight is 345 g/mol. The summed E-state index contributed by atoms with van der Waals surface area (Å²) >= 11 is 0. The highest BCUT2D eigenvalue weighted by Gasteiger charge is 2.27. The Morgan fingerprint density at radius 1 is 1.32 bits per heavy atom. The van der Waals surface area contributed by atoms with Crippen LogP contribution in [-0.4, -0.2) is 22.3 Å². The van der Waals surface area contributed by atoms with Crippen molar-refractivity contribution in [2.75, 3.05) is 6.54 Å². The van der Waals surface area contributed by atoms with Crippen molar-refractivity contribution in [3.8, 4) is 0 Å². The summed E-state index contributed by atoms with van der Waals surface area (Å²) in [5.41, 5.74) is 2.41. The van der Waals surface area contributed by atoms with Crippen molar-refractivity contribution < 1.29 is 13.6 Å². The second kappa shape index (κ2) is 7.70. The summed E-state index contributed by atoms with van der Waals surface area (Å²) in [5, 5.41) is 2.74. The molecule has 0 unspecified atom stereocenters. The van der Waals surface area contributed by atoms with E-state index in [0.29, 0.717) is 18.7 Å². The number of nitrogens with zero attached hydrogens (tertiary/aromatic N) is 2. The molecule has 132 valence electrons. The molecule has 2 heterocycles. The van der Waals surface area contributed by atoms with Crippen LogP contribution in [-0.2, 0) is 17.9 Å². The van der Waals surface area contributed by atoms with Crippen LogP contribution < -0.4 is 5.32 Å². The van der Waals surface area contributed by atoms with E-state index in [2.05, 4.69) is 15.2 Å². The van der Waals surface area contributed by atoms with Gasteiger partial charge in [-0.05, 0) is 43.1 Å². The Bertz CT molecular complexity index is 766.